The molecule has 5 heteroatoms. The quantitative estimate of drug-likeness (QED) is 0.566. The van der Waals surface area contributed by atoms with Crippen LogP contribution >= 0.6 is 23.3 Å². The minimum atomic E-state index is -3.47. The van der Waals surface area contributed by atoms with Crippen molar-refractivity contribution in [2.24, 2.45) is 0 Å². The van der Waals surface area contributed by atoms with Gasteiger partial charge in [-0.25, -0.2) is 8.42 Å². The summed E-state index contributed by atoms with van der Waals surface area (Å²) in [7, 11) is -3.47. The smallest absolute Gasteiger partial charge is 0.212 e. The third kappa shape index (κ3) is 2.12. The van der Waals surface area contributed by atoms with Crippen LogP contribution in [0.4, 0.5) is 0 Å². The van der Waals surface area contributed by atoms with Crippen LogP contribution in [0.3, 0.4) is 0 Å². The second-order valence-corrected chi connectivity index (χ2v) is 5.14. The molecule has 0 unspecified atom stereocenters. The fraction of sp³-hybridized carbons (Fsp3) is 0. The molecule has 0 saturated heterocycles. The molecule has 0 N–H and O–H groups in total. The number of hydrogen-bond acceptors (Lipinski definition) is 2. The molecule has 0 fully saturated rings. The van der Waals surface area contributed by atoms with E-state index in [1.165, 1.54) is 12.1 Å². The zero-order valence-electron chi connectivity index (χ0n) is 5.36. The van der Waals surface area contributed by atoms with Crippen LogP contribution in [0.1, 0.15) is 0 Å². The van der Waals surface area contributed by atoms with Crippen LogP contribution in [0.25, 0.3) is 0 Å². The van der Waals surface area contributed by atoms with E-state index in [0.29, 0.717) is 0 Å². The lowest BCUT2D eigenvalue weighted by Gasteiger charge is -1.97. The van der Waals surface area contributed by atoms with E-state index >= 15 is 0 Å². The van der Waals surface area contributed by atoms with Crippen molar-refractivity contribution >= 4 is 32.1 Å². The van der Waals surface area contributed by atoms with Gasteiger partial charge in [-0.1, -0.05) is 23.7 Å². The van der Waals surface area contributed by atoms with Crippen LogP contribution in [0, 0.1) is 0 Å². The number of hydrogen-bond donors (Lipinski definition) is 1. The fourth-order valence-electron chi connectivity index (χ4n) is 0.654. The second kappa shape index (κ2) is 3.05. The van der Waals surface area contributed by atoms with Crippen LogP contribution in [0.2, 0.25) is 5.02 Å². The molecule has 0 atom stereocenters. The molecular formula is C6H5ClO2S2. The van der Waals surface area contributed by atoms with E-state index in [-0.39, 0.29) is 9.92 Å². The first-order valence-corrected chi connectivity index (χ1v) is 5.65. The van der Waals surface area contributed by atoms with Gasteiger partial charge in [-0.15, -0.1) is 0 Å². The number of thiol groups is 1. The molecule has 1 aromatic rings. The molecule has 1 rings (SSSR count). The van der Waals surface area contributed by atoms with E-state index in [4.69, 9.17) is 11.6 Å². The highest BCUT2D eigenvalue weighted by Crippen LogP contribution is 2.22. The molecule has 2 nitrogen and oxygen atoms in total. The molecule has 0 aliphatic heterocycles. The van der Waals surface area contributed by atoms with Gasteiger partial charge in [0.05, 0.1) is 9.92 Å². The van der Waals surface area contributed by atoms with Gasteiger partial charge in [0.15, 0.2) is 0 Å². The number of rotatable bonds is 1. The van der Waals surface area contributed by atoms with Gasteiger partial charge < -0.3 is 0 Å². The van der Waals surface area contributed by atoms with Crippen molar-refractivity contribution in [2.75, 3.05) is 0 Å². The summed E-state index contributed by atoms with van der Waals surface area (Å²) in [5.74, 6) is 0. The zero-order chi connectivity index (χ0) is 8.48. The van der Waals surface area contributed by atoms with Crippen LogP contribution in [0.5, 0.6) is 0 Å². The Kier molecular flexibility index (Phi) is 2.47. The maximum atomic E-state index is 10.8. The van der Waals surface area contributed by atoms with Gasteiger partial charge in [-0.3, -0.25) is 0 Å². The van der Waals surface area contributed by atoms with Gasteiger partial charge in [-0.05, 0) is 23.8 Å². The first-order chi connectivity index (χ1) is 5.02. The fourth-order valence-corrected chi connectivity index (χ4v) is 2.30. The topological polar surface area (TPSA) is 34.1 Å². The summed E-state index contributed by atoms with van der Waals surface area (Å²) < 4.78 is 21.7. The van der Waals surface area contributed by atoms with Gasteiger partial charge >= 0.3 is 0 Å². The molecular weight excluding hydrogens is 204 g/mol. The minimum absolute atomic E-state index is 0.0463. The van der Waals surface area contributed by atoms with Crippen molar-refractivity contribution in [3.8, 4) is 0 Å². The van der Waals surface area contributed by atoms with Crippen LogP contribution in [-0.2, 0) is 8.87 Å². The van der Waals surface area contributed by atoms with Crippen molar-refractivity contribution in [1.29, 1.82) is 0 Å². The molecule has 0 aromatic heterocycles. The molecule has 0 spiro atoms. The Morgan fingerprint density at radius 3 is 2.18 bits per heavy atom. The third-order valence-electron chi connectivity index (χ3n) is 1.11. The summed E-state index contributed by atoms with van der Waals surface area (Å²) in [6, 6.07) is 6.16. The summed E-state index contributed by atoms with van der Waals surface area (Å²) in [5, 5.41) is 0.197. The first-order valence-electron chi connectivity index (χ1n) is 2.74. The van der Waals surface area contributed by atoms with E-state index in [1.54, 1.807) is 12.1 Å². The Balaban J connectivity index is 3.37. The average Bonchev–Trinajstić information content (AvgIpc) is 1.86. The van der Waals surface area contributed by atoms with E-state index in [2.05, 4.69) is 11.7 Å². The normalized spacial score (nSPS) is 11.5. The van der Waals surface area contributed by atoms with Crippen molar-refractivity contribution < 1.29 is 8.42 Å². The molecule has 1 aromatic carbocycles. The van der Waals surface area contributed by atoms with Crippen LogP contribution < -0.4 is 0 Å². The van der Waals surface area contributed by atoms with Gasteiger partial charge in [0, 0.05) is 0 Å². The molecule has 0 heterocycles. The summed E-state index contributed by atoms with van der Waals surface area (Å²) in [6.45, 7) is 0. The molecule has 0 amide bonds. The third-order valence-corrected chi connectivity index (χ3v) is 3.06. The molecule has 0 bridgehead atoms. The lowest BCUT2D eigenvalue weighted by molar-refractivity contribution is 0.611. The summed E-state index contributed by atoms with van der Waals surface area (Å²) >= 11 is 8.98. The van der Waals surface area contributed by atoms with Gasteiger partial charge in [-0.2, -0.15) is 0 Å². The largest absolute Gasteiger partial charge is 0.228 e. The maximum Gasteiger partial charge on any atom is 0.228 e. The lowest BCUT2D eigenvalue weighted by Crippen LogP contribution is -1.90. The van der Waals surface area contributed by atoms with Crippen molar-refractivity contribution in [3.05, 3.63) is 29.3 Å². The summed E-state index contributed by atoms with van der Waals surface area (Å²) in [6.07, 6.45) is 0. The van der Waals surface area contributed by atoms with Crippen molar-refractivity contribution in [1.82, 2.24) is 0 Å². The minimum Gasteiger partial charge on any atom is -0.212 e. The average molecular weight is 209 g/mol. The molecule has 0 aliphatic rings. The highest BCUT2D eigenvalue weighted by molar-refractivity contribution is 8.63. The van der Waals surface area contributed by atoms with Crippen molar-refractivity contribution in [2.45, 2.75) is 4.90 Å². The monoisotopic (exact) mass is 208 g/mol. The van der Waals surface area contributed by atoms with E-state index < -0.39 is 8.87 Å². The Hall–Kier alpha value is -0.190. The first kappa shape index (κ1) is 8.90. The van der Waals surface area contributed by atoms with Crippen LogP contribution in [-0.4, -0.2) is 8.42 Å². The summed E-state index contributed by atoms with van der Waals surface area (Å²) in [5.41, 5.74) is 0. The SMILES string of the molecule is O=S(=O)(S)c1ccccc1Cl. The van der Waals surface area contributed by atoms with E-state index in [0.717, 1.165) is 0 Å². The van der Waals surface area contributed by atoms with E-state index in [9.17, 15) is 8.42 Å². The molecule has 0 radical (unpaired) electrons. The van der Waals surface area contributed by atoms with Gasteiger partial charge in [0.2, 0.25) is 8.87 Å². The second-order valence-electron chi connectivity index (χ2n) is 1.91. The molecule has 0 aliphatic carbocycles. The Morgan fingerprint density at radius 2 is 1.82 bits per heavy atom. The Labute approximate surface area is 74.9 Å². The highest BCUT2D eigenvalue weighted by Gasteiger charge is 2.10. The zero-order valence-corrected chi connectivity index (χ0v) is 7.83. The van der Waals surface area contributed by atoms with Crippen LogP contribution in [0.15, 0.2) is 29.2 Å². The van der Waals surface area contributed by atoms with Crippen molar-refractivity contribution in [3.63, 3.8) is 0 Å². The predicted molar refractivity (Wildman–Crippen MR) is 47.6 cm³/mol. The standard InChI is InChI=1S/C6H5ClO2S2/c7-5-3-1-2-4-6(5)11(8,9)10/h1-4H,(H,8,9,10). The summed E-state index contributed by atoms with van der Waals surface area (Å²) in [4.78, 5) is 0.0463. The Morgan fingerprint density at radius 1 is 1.27 bits per heavy atom. The number of halogens is 1. The molecule has 60 valence electrons. The predicted octanol–water partition coefficient (Wildman–Crippen LogP) is 1.96. The molecule has 0 saturated carbocycles. The van der Waals surface area contributed by atoms with Gasteiger partial charge in [0.1, 0.15) is 0 Å². The maximum absolute atomic E-state index is 10.8. The number of benzene rings is 1. The Bertz CT molecular complexity index is 359. The lowest BCUT2D eigenvalue weighted by atomic mass is 10.4. The van der Waals surface area contributed by atoms with Gasteiger partial charge in [0.25, 0.3) is 0 Å². The molecule has 11 heavy (non-hydrogen) atoms. The highest BCUT2D eigenvalue weighted by atomic mass is 35.5. The van der Waals surface area contributed by atoms with E-state index in [1.807, 2.05) is 0 Å².